The SMILES string of the molecule is Cc1nn(-c2ccc(C(F)(F)F)cn2)c(C)c1CC(=O)NC[C@@H](C)c1ccccc1. The molecule has 5 nitrogen and oxygen atoms in total. The van der Waals surface area contributed by atoms with Crippen LogP contribution in [0.15, 0.2) is 48.7 Å². The highest BCUT2D eigenvalue weighted by atomic mass is 19.4. The Kier molecular flexibility index (Phi) is 6.24. The van der Waals surface area contributed by atoms with Crippen molar-refractivity contribution in [3.8, 4) is 5.82 Å². The molecule has 0 saturated carbocycles. The molecule has 3 rings (SSSR count). The van der Waals surface area contributed by atoms with Gasteiger partial charge in [0.2, 0.25) is 5.91 Å². The summed E-state index contributed by atoms with van der Waals surface area (Å²) < 4.78 is 39.7. The third-order valence-electron chi connectivity index (χ3n) is 5.04. The molecule has 0 saturated heterocycles. The van der Waals surface area contributed by atoms with Crippen LogP contribution in [0.4, 0.5) is 13.2 Å². The van der Waals surface area contributed by atoms with Gasteiger partial charge in [-0.1, -0.05) is 37.3 Å². The fourth-order valence-corrected chi connectivity index (χ4v) is 3.22. The van der Waals surface area contributed by atoms with Crippen LogP contribution in [0.2, 0.25) is 0 Å². The topological polar surface area (TPSA) is 59.8 Å². The van der Waals surface area contributed by atoms with Gasteiger partial charge in [0.15, 0.2) is 5.82 Å². The lowest BCUT2D eigenvalue weighted by atomic mass is 10.0. The maximum atomic E-state index is 12.7. The molecule has 0 bridgehead atoms. The zero-order chi connectivity index (χ0) is 21.9. The molecule has 2 heterocycles. The van der Waals surface area contributed by atoms with Gasteiger partial charge in [-0.2, -0.15) is 18.3 Å². The van der Waals surface area contributed by atoms with E-state index in [9.17, 15) is 18.0 Å². The first-order chi connectivity index (χ1) is 14.2. The average Bonchev–Trinajstić information content (AvgIpc) is 3.00. The predicted molar refractivity (Wildman–Crippen MR) is 107 cm³/mol. The van der Waals surface area contributed by atoms with Crippen molar-refractivity contribution in [2.24, 2.45) is 0 Å². The van der Waals surface area contributed by atoms with E-state index < -0.39 is 11.7 Å². The van der Waals surface area contributed by atoms with E-state index in [0.29, 0.717) is 17.9 Å². The number of hydrogen-bond acceptors (Lipinski definition) is 3. The lowest BCUT2D eigenvalue weighted by Gasteiger charge is -2.13. The van der Waals surface area contributed by atoms with Gasteiger partial charge in [-0.15, -0.1) is 0 Å². The minimum atomic E-state index is -4.44. The van der Waals surface area contributed by atoms with Crippen LogP contribution in [0.25, 0.3) is 5.82 Å². The van der Waals surface area contributed by atoms with Crippen molar-refractivity contribution >= 4 is 5.91 Å². The van der Waals surface area contributed by atoms with Crippen molar-refractivity contribution in [2.75, 3.05) is 6.54 Å². The number of carbonyl (C=O) groups is 1. The number of pyridine rings is 1. The second kappa shape index (κ2) is 8.69. The van der Waals surface area contributed by atoms with Crippen LogP contribution in [0.5, 0.6) is 0 Å². The highest BCUT2D eigenvalue weighted by Gasteiger charge is 2.30. The molecule has 0 aliphatic heterocycles. The predicted octanol–water partition coefficient (Wildman–Crippen LogP) is 4.37. The summed E-state index contributed by atoms with van der Waals surface area (Å²) in [7, 11) is 0. The lowest BCUT2D eigenvalue weighted by molar-refractivity contribution is -0.137. The highest BCUT2D eigenvalue weighted by Crippen LogP contribution is 2.29. The van der Waals surface area contributed by atoms with E-state index in [-0.39, 0.29) is 24.1 Å². The number of hydrogen-bond donors (Lipinski definition) is 1. The van der Waals surface area contributed by atoms with Gasteiger partial charge < -0.3 is 5.32 Å². The molecular formula is C22H23F3N4O. The Morgan fingerprint density at radius 3 is 2.43 bits per heavy atom. The quantitative estimate of drug-likeness (QED) is 0.649. The summed E-state index contributed by atoms with van der Waals surface area (Å²) in [5.41, 5.74) is 2.37. The van der Waals surface area contributed by atoms with Gasteiger partial charge >= 0.3 is 6.18 Å². The smallest absolute Gasteiger partial charge is 0.355 e. The molecule has 0 spiro atoms. The zero-order valence-electron chi connectivity index (χ0n) is 17.0. The summed E-state index contributed by atoms with van der Waals surface area (Å²) in [6, 6.07) is 12.2. The van der Waals surface area contributed by atoms with Crippen molar-refractivity contribution in [3.05, 3.63) is 76.7 Å². The summed E-state index contributed by atoms with van der Waals surface area (Å²) in [5, 5.41) is 7.30. The van der Waals surface area contributed by atoms with Crippen molar-refractivity contribution in [1.29, 1.82) is 0 Å². The first-order valence-electron chi connectivity index (χ1n) is 9.57. The molecule has 30 heavy (non-hydrogen) atoms. The molecule has 1 amide bonds. The standard InChI is InChI=1S/C22H23F3N4O/c1-14(17-7-5-4-6-8-17)12-27-21(30)11-19-15(2)28-29(16(19)3)20-10-9-18(13-26-20)22(23,24)25/h4-10,13-14H,11-12H2,1-3H3,(H,27,30)/t14-/m1/s1. The molecule has 1 atom stereocenters. The van der Waals surface area contributed by atoms with Crippen LogP contribution < -0.4 is 5.32 Å². The molecule has 158 valence electrons. The Morgan fingerprint density at radius 1 is 1.13 bits per heavy atom. The monoisotopic (exact) mass is 416 g/mol. The van der Waals surface area contributed by atoms with Crippen LogP contribution in [-0.4, -0.2) is 27.2 Å². The Labute approximate surface area is 173 Å². The number of nitrogens with one attached hydrogen (secondary N) is 1. The molecule has 0 fully saturated rings. The number of halogens is 3. The summed E-state index contributed by atoms with van der Waals surface area (Å²) in [6.07, 6.45) is -3.52. The number of amides is 1. The number of aromatic nitrogens is 3. The van der Waals surface area contributed by atoms with Gasteiger partial charge in [-0.3, -0.25) is 4.79 Å². The number of aryl methyl sites for hydroxylation is 1. The van der Waals surface area contributed by atoms with Gasteiger partial charge in [-0.25, -0.2) is 9.67 Å². The number of rotatable bonds is 6. The first kappa shape index (κ1) is 21.5. The van der Waals surface area contributed by atoms with Crippen LogP contribution in [0.3, 0.4) is 0 Å². The second-order valence-corrected chi connectivity index (χ2v) is 7.26. The van der Waals surface area contributed by atoms with Crippen molar-refractivity contribution in [3.63, 3.8) is 0 Å². The van der Waals surface area contributed by atoms with Crippen molar-refractivity contribution in [1.82, 2.24) is 20.1 Å². The largest absolute Gasteiger partial charge is 0.417 e. The minimum Gasteiger partial charge on any atom is -0.355 e. The van der Waals surface area contributed by atoms with Gasteiger partial charge in [0, 0.05) is 24.0 Å². The van der Waals surface area contributed by atoms with Gasteiger partial charge in [0.05, 0.1) is 17.7 Å². The van der Waals surface area contributed by atoms with Gasteiger partial charge in [0.1, 0.15) is 0 Å². The summed E-state index contributed by atoms with van der Waals surface area (Å²) >= 11 is 0. The molecule has 0 aliphatic carbocycles. The summed E-state index contributed by atoms with van der Waals surface area (Å²) in [4.78, 5) is 16.3. The third-order valence-corrected chi connectivity index (χ3v) is 5.04. The number of alkyl halides is 3. The number of benzene rings is 1. The minimum absolute atomic E-state index is 0.135. The normalized spacial score (nSPS) is 12.6. The van der Waals surface area contributed by atoms with E-state index in [1.807, 2.05) is 37.3 Å². The van der Waals surface area contributed by atoms with E-state index >= 15 is 0 Å². The fraction of sp³-hybridized carbons (Fsp3) is 0.318. The van der Waals surface area contributed by atoms with E-state index in [1.54, 1.807) is 13.8 Å². The molecule has 3 aromatic rings. The molecule has 1 aromatic carbocycles. The van der Waals surface area contributed by atoms with Crippen molar-refractivity contribution in [2.45, 2.75) is 39.3 Å². The van der Waals surface area contributed by atoms with Crippen LogP contribution in [0, 0.1) is 13.8 Å². The molecule has 0 aliphatic rings. The molecule has 2 aromatic heterocycles. The van der Waals surface area contributed by atoms with E-state index in [1.165, 1.54) is 10.7 Å². The average molecular weight is 416 g/mol. The maximum absolute atomic E-state index is 12.7. The number of nitrogens with zero attached hydrogens (tertiary/aromatic N) is 3. The summed E-state index contributed by atoms with van der Waals surface area (Å²) in [6.45, 7) is 6.09. The molecule has 8 heteroatoms. The van der Waals surface area contributed by atoms with E-state index in [2.05, 4.69) is 15.4 Å². The third kappa shape index (κ3) is 4.87. The molecular weight excluding hydrogens is 393 g/mol. The Morgan fingerprint density at radius 2 is 1.83 bits per heavy atom. The molecule has 1 N–H and O–H groups in total. The number of carbonyl (C=O) groups excluding carboxylic acids is 1. The van der Waals surface area contributed by atoms with Gasteiger partial charge in [-0.05, 0) is 37.5 Å². The van der Waals surface area contributed by atoms with E-state index in [0.717, 1.165) is 23.4 Å². The lowest BCUT2D eigenvalue weighted by Crippen LogP contribution is -2.29. The maximum Gasteiger partial charge on any atom is 0.417 e. The Balaban J connectivity index is 1.69. The Bertz CT molecular complexity index is 1010. The second-order valence-electron chi connectivity index (χ2n) is 7.26. The molecule has 0 radical (unpaired) electrons. The highest BCUT2D eigenvalue weighted by molar-refractivity contribution is 5.79. The Hall–Kier alpha value is -3.16. The van der Waals surface area contributed by atoms with Crippen molar-refractivity contribution < 1.29 is 18.0 Å². The van der Waals surface area contributed by atoms with Crippen LogP contribution >= 0.6 is 0 Å². The summed E-state index contributed by atoms with van der Waals surface area (Å²) in [5.74, 6) is 0.313. The first-order valence-corrected chi connectivity index (χ1v) is 9.57. The van der Waals surface area contributed by atoms with Gasteiger partial charge in [0.25, 0.3) is 0 Å². The zero-order valence-corrected chi connectivity index (χ0v) is 17.0. The molecule has 0 unspecified atom stereocenters. The fourth-order valence-electron chi connectivity index (χ4n) is 3.22. The van der Waals surface area contributed by atoms with Crippen LogP contribution in [0.1, 0.15) is 40.9 Å². The van der Waals surface area contributed by atoms with Crippen LogP contribution in [-0.2, 0) is 17.4 Å². The van der Waals surface area contributed by atoms with E-state index in [4.69, 9.17) is 0 Å².